The summed E-state index contributed by atoms with van der Waals surface area (Å²) in [6.45, 7) is 2.88. The first kappa shape index (κ1) is 13.6. The van der Waals surface area contributed by atoms with Crippen LogP contribution in [0, 0.1) is 5.92 Å². The maximum absolute atomic E-state index is 11.4. The molecule has 1 heterocycles. The van der Waals surface area contributed by atoms with Crippen LogP contribution in [0.2, 0.25) is 0 Å². The lowest BCUT2D eigenvalue weighted by Gasteiger charge is -2.30. The van der Waals surface area contributed by atoms with Gasteiger partial charge in [-0.25, -0.2) is 0 Å². The number of hydrogen-bond donors (Lipinski definition) is 0. The number of ether oxygens (including phenoxy) is 1. The van der Waals surface area contributed by atoms with E-state index in [1.807, 2.05) is 6.07 Å². The molecule has 0 saturated carbocycles. The van der Waals surface area contributed by atoms with E-state index in [9.17, 15) is 4.79 Å². The average Bonchev–Trinajstić information content (AvgIpc) is 2.39. The summed E-state index contributed by atoms with van der Waals surface area (Å²) in [5.41, 5.74) is 1.31. The fourth-order valence-corrected chi connectivity index (χ4v) is 2.83. The molecule has 18 heavy (non-hydrogen) atoms. The molecule has 1 aliphatic heterocycles. The highest BCUT2D eigenvalue weighted by molar-refractivity contribution is 9.10. The van der Waals surface area contributed by atoms with E-state index in [2.05, 4.69) is 39.0 Å². The van der Waals surface area contributed by atoms with Crippen LogP contribution in [-0.4, -0.2) is 31.1 Å². The molecule has 1 fully saturated rings. The Bertz CT molecular complexity index is 414. The van der Waals surface area contributed by atoms with Gasteiger partial charge in [-0.15, -0.1) is 0 Å². The van der Waals surface area contributed by atoms with Gasteiger partial charge in [-0.1, -0.05) is 28.1 Å². The van der Waals surface area contributed by atoms with E-state index in [-0.39, 0.29) is 11.9 Å². The standard InChI is InChI=1S/C14H18BrNO2/c1-18-14(17)12-5-7-16(8-6-12)10-11-3-2-4-13(15)9-11/h2-4,9,12H,5-8,10H2,1H3. The zero-order chi connectivity index (χ0) is 13.0. The van der Waals surface area contributed by atoms with Crippen molar-refractivity contribution in [2.45, 2.75) is 19.4 Å². The Morgan fingerprint density at radius 1 is 1.44 bits per heavy atom. The van der Waals surface area contributed by atoms with Crippen molar-refractivity contribution in [1.29, 1.82) is 0 Å². The highest BCUT2D eigenvalue weighted by Crippen LogP contribution is 2.21. The second-order valence-electron chi connectivity index (χ2n) is 4.70. The highest BCUT2D eigenvalue weighted by Gasteiger charge is 2.25. The van der Waals surface area contributed by atoms with E-state index in [4.69, 9.17) is 4.74 Å². The number of nitrogens with zero attached hydrogens (tertiary/aromatic N) is 1. The Hall–Kier alpha value is -0.870. The van der Waals surface area contributed by atoms with E-state index in [1.54, 1.807) is 0 Å². The summed E-state index contributed by atoms with van der Waals surface area (Å²) in [6, 6.07) is 8.37. The number of benzene rings is 1. The van der Waals surface area contributed by atoms with Crippen LogP contribution in [0.25, 0.3) is 0 Å². The lowest BCUT2D eigenvalue weighted by Crippen LogP contribution is -2.36. The van der Waals surface area contributed by atoms with Gasteiger partial charge in [0.1, 0.15) is 0 Å². The molecule has 0 spiro atoms. The van der Waals surface area contributed by atoms with Crippen molar-refractivity contribution in [2.75, 3.05) is 20.2 Å². The maximum Gasteiger partial charge on any atom is 0.308 e. The number of likely N-dealkylation sites (tertiary alicyclic amines) is 1. The summed E-state index contributed by atoms with van der Waals surface area (Å²) in [5, 5.41) is 0. The number of esters is 1. The van der Waals surface area contributed by atoms with Gasteiger partial charge < -0.3 is 4.74 Å². The minimum atomic E-state index is -0.0582. The largest absolute Gasteiger partial charge is 0.469 e. The minimum absolute atomic E-state index is 0.0582. The zero-order valence-electron chi connectivity index (χ0n) is 10.6. The van der Waals surface area contributed by atoms with Crippen LogP contribution in [0.15, 0.2) is 28.7 Å². The summed E-state index contributed by atoms with van der Waals surface area (Å²) in [5.74, 6) is 0.0332. The van der Waals surface area contributed by atoms with Crippen molar-refractivity contribution in [3.8, 4) is 0 Å². The van der Waals surface area contributed by atoms with Crippen LogP contribution in [-0.2, 0) is 16.1 Å². The number of hydrogen-bond acceptors (Lipinski definition) is 3. The van der Waals surface area contributed by atoms with Crippen LogP contribution in [0.5, 0.6) is 0 Å². The lowest BCUT2D eigenvalue weighted by atomic mass is 9.97. The molecule has 0 aliphatic carbocycles. The molecule has 3 nitrogen and oxygen atoms in total. The van der Waals surface area contributed by atoms with Crippen molar-refractivity contribution in [3.05, 3.63) is 34.3 Å². The Kier molecular flexibility index (Phi) is 4.78. The number of methoxy groups -OCH3 is 1. The Labute approximate surface area is 116 Å². The summed E-state index contributed by atoms with van der Waals surface area (Å²) in [7, 11) is 1.47. The van der Waals surface area contributed by atoms with Gasteiger partial charge in [0.15, 0.2) is 0 Å². The lowest BCUT2D eigenvalue weighted by molar-refractivity contribution is -0.147. The molecule has 4 heteroatoms. The van der Waals surface area contributed by atoms with Gasteiger partial charge in [0, 0.05) is 11.0 Å². The number of piperidine rings is 1. The van der Waals surface area contributed by atoms with Crippen molar-refractivity contribution < 1.29 is 9.53 Å². The topological polar surface area (TPSA) is 29.5 Å². The first-order chi connectivity index (χ1) is 8.69. The molecule has 1 aromatic carbocycles. The van der Waals surface area contributed by atoms with E-state index in [0.717, 1.165) is 36.9 Å². The molecular weight excluding hydrogens is 294 g/mol. The monoisotopic (exact) mass is 311 g/mol. The molecule has 1 aliphatic rings. The molecule has 0 radical (unpaired) electrons. The van der Waals surface area contributed by atoms with Gasteiger partial charge in [0.2, 0.25) is 0 Å². The van der Waals surface area contributed by atoms with Crippen LogP contribution in [0.1, 0.15) is 18.4 Å². The summed E-state index contributed by atoms with van der Waals surface area (Å²) in [6.07, 6.45) is 1.81. The Morgan fingerprint density at radius 3 is 2.78 bits per heavy atom. The number of carbonyl (C=O) groups excluding carboxylic acids is 1. The van der Waals surface area contributed by atoms with E-state index in [0.29, 0.717) is 0 Å². The molecule has 98 valence electrons. The summed E-state index contributed by atoms with van der Waals surface area (Å²) in [4.78, 5) is 13.8. The van der Waals surface area contributed by atoms with Gasteiger partial charge in [0.05, 0.1) is 13.0 Å². The van der Waals surface area contributed by atoms with Gasteiger partial charge in [-0.05, 0) is 43.6 Å². The normalized spacial score (nSPS) is 17.7. The minimum Gasteiger partial charge on any atom is -0.469 e. The molecule has 1 aromatic rings. The second kappa shape index (κ2) is 6.34. The number of halogens is 1. The van der Waals surface area contributed by atoms with Gasteiger partial charge in [-0.3, -0.25) is 9.69 Å². The van der Waals surface area contributed by atoms with Gasteiger partial charge >= 0.3 is 5.97 Å². The Balaban J connectivity index is 1.85. The molecule has 0 amide bonds. The van der Waals surface area contributed by atoms with Crippen LogP contribution < -0.4 is 0 Å². The molecule has 0 unspecified atom stereocenters. The van der Waals surface area contributed by atoms with E-state index < -0.39 is 0 Å². The Morgan fingerprint density at radius 2 is 2.17 bits per heavy atom. The van der Waals surface area contributed by atoms with E-state index >= 15 is 0 Å². The first-order valence-electron chi connectivity index (χ1n) is 6.23. The van der Waals surface area contributed by atoms with Crippen LogP contribution in [0.3, 0.4) is 0 Å². The summed E-state index contributed by atoms with van der Waals surface area (Å²) >= 11 is 3.49. The summed E-state index contributed by atoms with van der Waals surface area (Å²) < 4.78 is 5.91. The molecule has 1 saturated heterocycles. The zero-order valence-corrected chi connectivity index (χ0v) is 12.1. The number of carbonyl (C=O) groups is 1. The molecular formula is C14H18BrNO2. The third-order valence-corrected chi connectivity index (χ3v) is 3.91. The van der Waals surface area contributed by atoms with Crippen molar-refractivity contribution in [1.82, 2.24) is 4.90 Å². The molecule has 0 bridgehead atoms. The fourth-order valence-electron chi connectivity index (χ4n) is 2.39. The highest BCUT2D eigenvalue weighted by atomic mass is 79.9. The average molecular weight is 312 g/mol. The second-order valence-corrected chi connectivity index (χ2v) is 5.62. The molecule has 2 rings (SSSR count). The van der Waals surface area contributed by atoms with Gasteiger partial charge in [-0.2, -0.15) is 0 Å². The number of rotatable bonds is 3. The van der Waals surface area contributed by atoms with Crippen molar-refractivity contribution >= 4 is 21.9 Å². The van der Waals surface area contributed by atoms with Crippen LogP contribution >= 0.6 is 15.9 Å². The maximum atomic E-state index is 11.4. The SMILES string of the molecule is COC(=O)C1CCN(Cc2cccc(Br)c2)CC1. The molecule has 0 N–H and O–H groups in total. The predicted octanol–water partition coefficient (Wildman–Crippen LogP) is 2.83. The van der Waals surface area contributed by atoms with Gasteiger partial charge in [0.25, 0.3) is 0 Å². The van der Waals surface area contributed by atoms with Crippen molar-refractivity contribution in [2.24, 2.45) is 5.92 Å². The smallest absolute Gasteiger partial charge is 0.308 e. The molecule has 0 atom stereocenters. The van der Waals surface area contributed by atoms with Crippen LogP contribution in [0.4, 0.5) is 0 Å². The third-order valence-electron chi connectivity index (χ3n) is 3.42. The van der Waals surface area contributed by atoms with E-state index in [1.165, 1.54) is 12.7 Å². The predicted molar refractivity (Wildman–Crippen MR) is 74.2 cm³/mol. The quantitative estimate of drug-likeness (QED) is 0.804. The fraction of sp³-hybridized carbons (Fsp3) is 0.500. The van der Waals surface area contributed by atoms with Crippen molar-refractivity contribution in [3.63, 3.8) is 0 Å². The first-order valence-corrected chi connectivity index (χ1v) is 7.03. The molecule has 0 aromatic heterocycles. The third kappa shape index (κ3) is 3.56.